The Hall–Kier alpha value is -3.16. The first-order valence-corrected chi connectivity index (χ1v) is 9.72. The molecule has 0 fully saturated rings. The van der Waals surface area contributed by atoms with Crippen LogP contribution in [0.1, 0.15) is 18.1 Å². The second-order valence-electron chi connectivity index (χ2n) is 7.03. The standard InChI is InChI=1S/C21H16BrF3N4O2/c1-20(31,12-29-11-15(10-27-29)13-2-5-16(22)6-3-13)19(30)28-17-7-4-14(9-26)18(8-17)21(23,24)25/h2-8,10-11,31H,12H2,1H3,(H,28,30). The van der Waals surface area contributed by atoms with E-state index >= 15 is 0 Å². The maximum Gasteiger partial charge on any atom is 0.417 e. The Labute approximate surface area is 184 Å². The lowest BCUT2D eigenvalue weighted by molar-refractivity contribution is -0.138. The molecule has 1 atom stereocenters. The maximum atomic E-state index is 13.1. The van der Waals surface area contributed by atoms with Gasteiger partial charge in [0.25, 0.3) is 5.91 Å². The Bertz CT molecular complexity index is 1150. The third kappa shape index (κ3) is 5.31. The van der Waals surface area contributed by atoms with E-state index in [-0.39, 0.29) is 12.2 Å². The van der Waals surface area contributed by atoms with Crippen LogP contribution in [-0.4, -0.2) is 26.4 Å². The van der Waals surface area contributed by atoms with E-state index in [0.29, 0.717) is 6.07 Å². The van der Waals surface area contributed by atoms with Crippen molar-refractivity contribution in [3.05, 3.63) is 70.5 Å². The highest BCUT2D eigenvalue weighted by Gasteiger charge is 2.35. The predicted octanol–water partition coefficient (Wildman–Crippen LogP) is 4.59. The molecule has 1 heterocycles. The number of carbonyl (C=O) groups is 1. The minimum absolute atomic E-state index is 0.187. The van der Waals surface area contributed by atoms with Crippen molar-refractivity contribution in [3.63, 3.8) is 0 Å². The topological polar surface area (TPSA) is 90.9 Å². The first-order chi connectivity index (χ1) is 14.5. The molecule has 0 aliphatic rings. The third-order valence-corrected chi connectivity index (χ3v) is 5.00. The van der Waals surface area contributed by atoms with Crippen LogP contribution in [0.4, 0.5) is 18.9 Å². The summed E-state index contributed by atoms with van der Waals surface area (Å²) in [5.41, 5.74) is -2.23. The van der Waals surface area contributed by atoms with Gasteiger partial charge in [0.1, 0.15) is 0 Å². The van der Waals surface area contributed by atoms with Crippen LogP contribution < -0.4 is 5.32 Å². The lowest BCUT2D eigenvalue weighted by Crippen LogP contribution is -2.43. The molecule has 0 aliphatic carbocycles. The van der Waals surface area contributed by atoms with Gasteiger partial charge in [0.15, 0.2) is 5.60 Å². The van der Waals surface area contributed by atoms with Gasteiger partial charge in [-0.2, -0.15) is 23.5 Å². The van der Waals surface area contributed by atoms with E-state index < -0.39 is 28.8 Å². The number of carbonyl (C=O) groups excluding carboxylic acids is 1. The molecule has 0 spiro atoms. The molecule has 3 rings (SSSR count). The highest BCUT2D eigenvalue weighted by molar-refractivity contribution is 9.10. The fourth-order valence-corrected chi connectivity index (χ4v) is 3.11. The summed E-state index contributed by atoms with van der Waals surface area (Å²) >= 11 is 3.35. The highest BCUT2D eigenvalue weighted by atomic mass is 79.9. The molecule has 2 N–H and O–H groups in total. The number of nitrogens with one attached hydrogen (secondary N) is 1. The molecule has 2 aromatic carbocycles. The van der Waals surface area contributed by atoms with E-state index in [1.165, 1.54) is 23.7 Å². The Balaban J connectivity index is 1.75. The van der Waals surface area contributed by atoms with Gasteiger partial charge in [-0.25, -0.2) is 0 Å². The van der Waals surface area contributed by atoms with Crippen molar-refractivity contribution in [3.8, 4) is 17.2 Å². The molecule has 1 unspecified atom stereocenters. The highest BCUT2D eigenvalue weighted by Crippen LogP contribution is 2.33. The smallest absolute Gasteiger partial charge is 0.378 e. The molecule has 31 heavy (non-hydrogen) atoms. The summed E-state index contributed by atoms with van der Waals surface area (Å²) in [6.45, 7) is 1.01. The Morgan fingerprint density at radius 2 is 1.90 bits per heavy atom. The van der Waals surface area contributed by atoms with Gasteiger partial charge in [-0.05, 0) is 42.8 Å². The molecule has 0 radical (unpaired) electrons. The zero-order chi connectivity index (χ0) is 22.8. The van der Waals surface area contributed by atoms with Gasteiger partial charge in [0.05, 0.1) is 29.9 Å². The minimum atomic E-state index is -4.76. The molecule has 0 aliphatic heterocycles. The van der Waals surface area contributed by atoms with Crippen LogP contribution in [-0.2, 0) is 17.5 Å². The lowest BCUT2D eigenvalue weighted by atomic mass is 10.0. The normalized spacial score (nSPS) is 13.3. The number of benzene rings is 2. The number of alkyl halides is 3. The number of hydrogen-bond donors (Lipinski definition) is 2. The second-order valence-corrected chi connectivity index (χ2v) is 7.95. The van der Waals surface area contributed by atoms with E-state index in [0.717, 1.165) is 21.7 Å². The minimum Gasteiger partial charge on any atom is -0.378 e. The molecule has 0 saturated heterocycles. The summed E-state index contributed by atoms with van der Waals surface area (Å²) in [5, 5.41) is 25.9. The van der Waals surface area contributed by atoms with Crippen molar-refractivity contribution in [1.29, 1.82) is 5.26 Å². The first kappa shape index (κ1) is 22.5. The van der Waals surface area contributed by atoms with E-state index in [1.807, 2.05) is 24.3 Å². The van der Waals surface area contributed by atoms with Crippen molar-refractivity contribution in [2.24, 2.45) is 0 Å². The van der Waals surface area contributed by atoms with Crippen LogP contribution >= 0.6 is 15.9 Å². The molecule has 1 aromatic heterocycles. The average molecular weight is 493 g/mol. The SMILES string of the molecule is CC(O)(Cn1cc(-c2ccc(Br)cc2)cn1)C(=O)Nc1ccc(C#N)c(C(F)(F)F)c1. The number of nitriles is 1. The molecule has 0 bridgehead atoms. The summed E-state index contributed by atoms with van der Waals surface area (Å²) in [6, 6.07) is 11.7. The van der Waals surface area contributed by atoms with Gasteiger partial charge in [-0.3, -0.25) is 9.48 Å². The van der Waals surface area contributed by atoms with Gasteiger partial charge < -0.3 is 10.4 Å². The summed E-state index contributed by atoms with van der Waals surface area (Å²) in [6.07, 6.45) is -1.53. The van der Waals surface area contributed by atoms with Crippen molar-refractivity contribution in [2.75, 3.05) is 5.32 Å². The summed E-state index contributed by atoms with van der Waals surface area (Å²) in [7, 11) is 0. The summed E-state index contributed by atoms with van der Waals surface area (Å²) in [4.78, 5) is 12.5. The van der Waals surface area contributed by atoms with E-state index in [4.69, 9.17) is 5.26 Å². The molecular formula is C21H16BrF3N4O2. The Kier molecular flexibility index (Phi) is 6.20. The van der Waals surface area contributed by atoms with Crippen LogP contribution in [0, 0.1) is 11.3 Å². The zero-order valence-electron chi connectivity index (χ0n) is 16.1. The number of hydrogen-bond acceptors (Lipinski definition) is 4. The fourth-order valence-electron chi connectivity index (χ4n) is 2.85. The number of anilines is 1. The predicted molar refractivity (Wildman–Crippen MR) is 111 cm³/mol. The Morgan fingerprint density at radius 3 is 2.52 bits per heavy atom. The average Bonchev–Trinajstić information content (AvgIpc) is 3.15. The quantitative estimate of drug-likeness (QED) is 0.544. The molecular weight excluding hydrogens is 477 g/mol. The largest absolute Gasteiger partial charge is 0.417 e. The van der Waals surface area contributed by atoms with Crippen molar-refractivity contribution in [2.45, 2.75) is 25.2 Å². The Morgan fingerprint density at radius 1 is 1.23 bits per heavy atom. The van der Waals surface area contributed by atoms with Crippen molar-refractivity contribution < 1.29 is 23.1 Å². The van der Waals surface area contributed by atoms with Crippen LogP contribution in [0.5, 0.6) is 0 Å². The number of amides is 1. The zero-order valence-corrected chi connectivity index (χ0v) is 17.7. The molecule has 160 valence electrons. The van der Waals surface area contributed by atoms with Crippen LogP contribution in [0.3, 0.4) is 0 Å². The number of rotatable bonds is 5. The molecule has 10 heteroatoms. The van der Waals surface area contributed by atoms with Gasteiger partial charge in [-0.15, -0.1) is 0 Å². The van der Waals surface area contributed by atoms with E-state index in [2.05, 4.69) is 26.3 Å². The fraction of sp³-hybridized carbons (Fsp3) is 0.190. The van der Waals surface area contributed by atoms with Crippen LogP contribution in [0.15, 0.2) is 59.3 Å². The van der Waals surface area contributed by atoms with Crippen molar-refractivity contribution >= 4 is 27.5 Å². The number of aromatic nitrogens is 2. The number of aliphatic hydroxyl groups is 1. The molecule has 0 saturated carbocycles. The maximum absolute atomic E-state index is 13.1. The van der Waals surface area contributed by atoms with E-state index in [9.17, 15) is 23.1 Å². The van der Waals surface area contributed by atoms with Gasteiger partial charge in [0, 0.05) is 21.9 Å². The summed E-state index contributed by atoms with van der Waals surface area (Å²) in [5.74, 6) is -0.911. The lowest BCUT2D eigenvalue weighted by Gasteiger charge is -2.22. The molecule has 1 amide bonds. The number of halogens is 4. The third-order valence-electron chi connectivity index (χ3n) is 4.47. The van der Waals surface area contributed by atoms with Crippen LogP contribution in [0.25, 0.3) is 11.1 Å². The van der Waals surface area contributed by atoms with Crippen LogP contribution in [0.2, 0.25) is 0 Å². The van der Waals surface area contributed by atoms with E-state index in [1.54, 1.807) is 12.4 Å². The molecule has 3 aromatic rings. The number of nitrogens with zero attached hydrogens (tertiary/aromatic N) is 3. The first-order valence-electron chi connectivity index (χ1n) is 8.93. The second kappa shape index (κ2) is 8.53. The summed E-state index contributed by atoms with van der Waals surface area (Å²) < 4.78 is 41.6. The van der Waals surface area contributed by atoms with Gasteiger partial charge in [-0.1, -0.05) is 28.1 Å². The monoisotopic (exact) mass is 492 g/mol. The van der Waals surface area contributed by atoms with Gasteiger partial charge >= 0.3 is 6.18 Å². The molecule has 6 nitrogen and oxygen atoms in total. The van der Waals surface area contributed by atoms with Gasteiger partial charge in [0.2, 0.25) is 0 Å². The van der Waals surface area contributed by atoms with Crippen molar-refractivity contribution in [1.82, 2.24) is 9.78 Å².